The van der Waals surface area contributed by atoms with E-state index in [9.17, 15) is 0 Å². The molecule has 0 saturated carbocycles. The molecule has 0 unspecified atom stereocenters. The van der Waals surface area contributed by atoms with Crippen LogP contribution in [0.1, 0.15) is 100 Å². The lowest BCUT2D eigenvalue weighted by Gasteiger charge is -2.07. The number of rotatable bonds is 17. The fourth-order valence-corrected chi connectivity index (χ4v) is 8.34. The molecule has 0 bridgehead atoms. The van der Waals surface area contributed by atoms with E-state index in [4.69, 9.17) is 9.97 Å². The van der Waals surface area contributed by atoms with Crippen molar-refractivity contribution in [2.75, 3.05) is 0 Å². The van der Waals surface area contributed by atoms with Gasteiger partial charge in [-0.05, 0) is 95.8 Å². The first kappa shape index (κ1) is 37.2. The average Bonchev–Trinajstić information content (AvgIpc) is 3.73. The van der Waals surface area contributed by atoms with E-state index in [-0.39, 0.29) is 0 Å². The number of aromatic nitrogens is 4. The molecule has 0 amide bonds. The summed E-state index contributed by atoms with van der Waals surface area (Å²) < 4.78 is 5.04. The summed E-state index contributed by atoms with van der Waals surface area (Å²) in [6.45, 7) is 6.68. The monoisotopic (exact) mass is 734 g/mol. The zero-order chi connectivity index (χ0) is 38.1. The van der Waals surface area contributed by atoms with Gasteiger partial charge in [0.05, 0.1) is 11.4 Å². The van der Waals surface area contributed by atoms with Crippen LogP contribution in [0.5, 0.6) is 0 Å². The first-order valence-corrected chi connectivity index (χ1v) is 21.0. The van der Waals surface area contributed by atoms with Crippen LogP contribution in [0.15, 0.2) is 122 Å². The standard InChI is InChI=1S/C52H54N4/c1-3-5-7-9-15-33-55-49-19-13-11-17-43(49)45-35-39(25-27-51(45)55)21-23-41-29-31-53-47(37-41)48-38-42(30-32-54-48)24-22-40-26-28-52-46(36-40)44-18-12-14-20-50(44)56(52)34-16-10-8-6-4-2/h11-14,17-32,35-38H,3-10,15-16,33-34H2,1-2H3/b23-21+,24-22+. The molecule has 4 heterocycles. The Kier molecular flexibility index (Phi) is 11.8. The Hall–Kier alpha value is -5.74. The van der Waals surface area contributed by atoms with Crippen molar-refractivity contribution in [2.24, 2.45) is 0 Å². The number of hydrogen-bond acceptors (Lipinski definition) is 2. The third-order valence-corrected chi connectivity index (χ3v) is 11.3. The maximum atomic E-state index is 4.72. The molecule has 0 aliphatic rings. The Labute approximate surface area is 332 Å². The van der Waals surface area contributed by atoms with Crippen LogP contribution in [0.4, 0.5) is 0 Å². The lowest BCUT2D eigenvalue weighted by Crippen LogP contribution is -1.97. The number of pyridine rings is 2. The van der Waals surface area contributed by atoms with Gasteiger partial charge in [-0.15, -0.1) is 0 Å². The van der Waals surface area contributed by atoms with Crippen molar-refractivity contribution in [1.29, 1.82) is 0 Å². The first-order chi connectivity index (χ1) is 27.7. The molecule has 0 aliphatic heterocycles. The number of benzene rings is 4. The molecule has 4 aromatic heterocycles. The quantitative estimate of drug-likeness (QED) is 0.0873. The summed E-state index contributed by atoms with van der Waals surface area (Å²) in [5, 5.41) is 5.30. The van der Waals surface area contributed by atoms with Crippen LogP contribution in [0.2, 0.25) is 0 Å². The van der Waals surface area contributed by atoms with Crippen molar-refractivity contribution in [3.63, 3.8) is 0 Å². The molecule has 56 heavy (non-hydrogen) atoms. The Morgan fingerprint density at radius 1 is 0.393 bits per heavy atom. The second-order valence-electron chi connectivity index (χ2n) is 15.3. The normalized spacial score (nSPS) is 12.1. The summed E-state index contributed by atoms with van der Waals surface area (Å²) in [7, 11) is 0. The predicted molar refractivity (Wildman–Crippen MR) is 242 cm³/mol. The molecule has 282 valence electrons. The van der Waals surface area contributed by atoms with E-state index in [2.05, 4.69) is 156 Å². The number of para-hydroxylation sites is 2. The fourth-order valence-electron chi connectivity index (χ4n) is 8.34. The lowest BCUT2D eigenvalue weighted by molar-refractivity contribution is 0.584. The Bertz CT molecular complexity index is 2450. The molecule has 4 heteroatoms. The minimum atomic E-state index is 0.865. The van der Waals surface area contributed by atoms with Gasteiger partial charge in [0.15, 0.2) is 0 Å². The van der Waals surface area contributed by atoms with E-state index in [1.165, 1.54) is 119 Å². The summed E-state index contributed by atoms with van der Waals surface area (Å²) >= 11 is 0. The third kappa shape index (κ3) is 8.26. The summed E-state index contributed by atoms with van der Waals surface area (Å²) in [4.78, 5) is 9.44. The Morgan fingerprint density at radius 2 is 0.786 bits per heavy atom. The molecule has 8 aromatic rings. The number of unbranched alkanes of at least 4 members (excludes halogenated alkanes) is 8. The lowest BCUT2D eigenvalue weighted by atomic mass is 10.1. The number of aryl methyl sites for hydroxylation is 2. The van der Waals surface area contributed by atoms with E-state index in [1.54, 1.807) is 0 Å². The molecule has 0 fully saturated rings. The van der Waals surface area contributed by atoms with Gasteiger partial charge in [0.25, 0.3) is 0 Å². The van der Waals surface area contributed by atoms with Gasteiger partial charge >= 0.3 is 0 Å². The van der Waals surface area contributed by atoms with Crippen LogP contribution >= 0.6 is 0 Å². The van der Waals surface area contributed by atoms with Crippen molar-refractivity contribution in [3.8, 4) is 11.4 Å². The molecule has 0 spiro atoms. The number of hydrogen-bond donors (Lipinski definition) is 0. The molecular formula is C52H54N4. The molecule has 0 N–H and O–H groups in total. The van der Waals surface area contributed by atoms with Gasteiger partial charge in [-0.1, -0.05) is 138 Å². The highest BCUT2D eigenvalue weighted by Gasteiger charge is 2.12. The second-order valence-corrected chi connectivity index (χ2v) is 15.3. The van der Waals surface area contributed by atoms with Crippen LogP contribution in [0.3, 0.4) is 0 Å². The molecule has 0 aliphatic carbocycles. The smallest absolute Gasteiger partial charge is 0.0892 e. The van der Waals surface area contributed by atoms with Crippen molar-refractivity contribution in [3.05, 3.63) is 144 Å². The Balaban J connectivity index is 0.986. The van der Waals surface area contributed by atoms with Gasteiger partial charge in [-0.25, -0.2) is 0 Å². The fraction of sp³-hybridized carbons (Fsp3) is 0.269. The van der Waals surface area contributed by atoms with Crippen LogP contribution < -0.4 is 0 Å². The van der Waals surface area contributed by atoms with E-state index in [1.807, 2.05) is 12.4 Å². The zero-order valence-electron chi connectivity index (χ0n) is 33.1. The van der Waals surface area contributed by atoms with Crippen molar-refractivity contribution in [2.45, 2.75) is 91.1 Å². The average molecular weight is 735 g/mol. The largest absolute Gasteiger partial charge is 0.340 e. The molecule has 0 atom stereocenters. The first-order valence-electron chi connectivity index (χ1n) is 21.0. The maximum Gasteiger partial charge on any atom is 0.0892 e. The van der Waals surface area contributed by atoms with Crippen LogP contribution in [-0.2, 0) is 13.1 Å². The molecule has 4 aromatic carbocycles. The van der Waals surface area contributed by atoms with Gasteiger partial charge in [0, 0.05) is 69.1 Å². The summed E-state index contributed by atoms with van der Waals surface area (Å²) in [5.41, 5.74) is 11.6. The zero-order valence-corrected chi connectivity index (χ0v) is 33.1. The summed E-state index contributed by atoms with van der Waals surface area (Å²) in [6.07, 6.45) is 25.4. The van der Waals surface area contributed by atoms with Crippen molar-refractivity contribution < 1.29 is 0 Å². The van der Waals surface area contributed by atoms with Crippen molar-refractivity contribution in [1.82, 2.24) is 19.1 Å². The van der Waals surface area contributed by atoms with E-state index < -0.39 is 0 Å². The van der Waals surface area contributed by atoms with Crippen molar-refractivity contribution >= 4 is 67.9 Å². The maximum absolute atomic E-state index is 4.72. The van der Waals surface area contributed by atoms with Gasteiger partial charge in [0.1, 0.15) is 0 Å². The van der Waals surface area contributed by atoms with Crippen LogP contribution in [0, 0.1) is 0 Å². The number of nitrogens with zero attached hydrogens (tertiary/aromatic N) is 4. The van der Waals surface area contributed by atoms with Crippen LogP contribution in [0.25, 0.3) is 79.3 Å². The molecule has 8 rings (SSSR count). The summed E-state index contributed by atoms with van der Waals surface area (Å²) in [6, 6.07) is 39.8. The van der Waals surface area contributed by atoms with Gasteiger partial charge in [0.2, 0.25) is 0 Å². The minimum absolute atomic E-state index is 0.865. The van der Waals surface area contributed by atoms with Gasteiger partial charge in [-0.2, -0.15) is 0 Å². The predicted octanol–water partition coefficient (Wildman–Crippen LogP) is 14.6. The molecular weight excluding hydrogens is 681 g/mol. The van der Waals surface area contributed by atoms with E-state index >= 15 is 0 Å². The van der Waals surface area contributed by atoms with Gasteiger partial charge in [-0.3, -0.25) is 9.97 Å². The molecule has 0 saturated heterocycles. The highest BCUT2D eigenvalue weighted by Crippen LogP contribution is 2.33. The summed E-state index contributed by atoms with van der Waals surface area (Å²) in [5.74, 6) is 0. The SMILES string of the molecule is CCCCCCCn1c2ccccc2c2cc(/C=C/c3ccnc(-c4cc(/C=C/c5ccc6c(c5)c5ccccc5n6CCCCCCC)ccn4)c3)ccc21. The van der Waals surface area contributed by atoms with Crippen LogP contribution in [-0.4, -0.2) is 19.1 Å². The highest BCUT2D eigenvalue weighted by molar-refractivity contribution is 6.09. The topological polar surface area (TPSA) is 35.6 Å². The third-order valence-electron chi connectivity index (χ3n) is 11.3. The minimum Gasteiger partial charge on any atom is -0.340 e. The number of fused-ring (bicyclic) bond motifs is 6. The van der Waals surface area contributed by atoms with E-state index in [0.29, 0.717) is 0 Å². The Morgan fingerprint density at radius 3 is 1.23 bits per heavy atom. The molecule has 4 nitrogen and oxygen atoms in total. The van der Waals surface area contributed by atoms with Gasteiger partial charge < -0.3 is 9.13 Å². The highest BCUT2D eigenvalue weighted by atomic mass is 15.0. The van der Waals surface area contributed by atoms with E-state index in [0.717, 1.165) is 35.6 Å². The molecule has 0 radical (unpaired) electrons. The second kappa shape index (κ2) is 17.8.